The fraction of sp³-hybridized carbons (Fsp3) is 0.571. The van der Waals surface area contributed by atoms with Crippen LogP contribution in [0.25, 0.3) is 0 Å². The van der Waals surface area contributed by atoms with Gasteiger partial charge in [0.15, 0.2) is 0 Å². The summed E-state index contributed by atoms with van der Waals surface area (Å²) in [6.45, 7) is 1.58. The molecule has 0 aromatic heterocycles. The monoisotopic (exact) mass is 317 g/mol. The Bertz CT molecular complexity index is 543. The summed E-state index contributed by atoms with van der Waals surface area (Å²) in [6, 6.07) is -0.221. The third kappa shape index (κ3) is 2.72. The van der Waals surface area contributed by atoms with Crippen molar-refractivity contribution in [2.75, 3.05) is 11.5 Å². The van der Waals surface area contributed by atoms with Crippen molar-refractivity contribution in [1.29, 1.82) is 0 Å². The molecular formula is C14H16NNaO4S. The number of amides is 1. The van der Waals surface area contributed by atoms with Crippen LogP contribution in [0.15, 0.2) is 22.9 Å². The minimum absolute atomic E-state index is 0. The zero-order chi connectivity index (χ0) is 14.4. The summed E-state index contributed by atoms with van der Waals surface area (Å²) in [4.78, 5) is 24.8. The van der Waals surface area contributed by atoms with Crippen LogP contribution < -0.4 is 34.7 Å². The number of fused-ring (bicyclic) bond motifs is 1. The van der Waals surface area contributed by atoms with Gasteiger partial charge in [0.25, 0.3) is 0 Å². The van der Waals surface area contributed by atoms with Gasteiger partial charge in [-0.3, -0.25) is 4.79 Å². The molecule has 3 rings (SSSR count). The van der Waals surface area contributed by atoms with Gasteiger partial charge in [-0.2, -0.15) is 11.8 Å². The summed E-state index contributed by atoms with van der Waals surface area (Å²) in [5.41, 5.74) is 1.77. The predicted molar refractivity (Wildman–Crippen MR) is 72.5 cm³/mol. The molecule has 5 nitrogen and oxygen atoms in total. The van der Waals surface area contributed by atoms with E-state index in [4.69, 9.17) is 0 Å². The topological polar surface area (TPSA) is 80.7 Å². The van der Waals surface area contributed by atoms with Crippen molar-refractivity contribution in [2.45, 2.75) is 31.9 Å². The molecule has 3 heterocycles. The average Bonchev–Trinajstić information content (AvgIpc) is 2.74. The van der Waals surface area contributed by atoms with Gasteiger partial charge in [0.1, 0.15) is 0 Å². The maximum Gasteiger partial charge on any atom is 1.00 e. The number of carbonyl (C=O) groups is 2. The van der Waals surface area contributed by atoms with Gasteiger partial charge in [0, 0.05) is 5.75 Å². The molecule has 0 radical (unpaired) electrons. The first-order valence-electron chi connectivity index (χ1n) is 6.75. The maximum absolute atomic E-state index is 12.0. The molecule has 21 heavy (non-hydrogen) atoms. The number of hydrogen-bond donors (Lipinski definition) is 1. The van der Waals surface area contributed by atoms with Gasteiger partial charge in [-0.05, 0) is 36.7 Å². The number of aliphatic hydroxyl groups excluding tert-OH is 1. The molecular weight excluding hydrogens is 301 g/mol. The van der Waals surface area contributed by atoms with E-state index >= 15 is 0 Å². The van der Waals surface area contributed by atoms with Crippen molar-refractivity contribution >= 4 is 23.6 Å². The van der Waals surface area contributed by atoms with Gasteiger partial charge in [0.05, 0.1) is 29.7 Å². The number of rotatable bonds is 3. The zero-order valence-corrected chi connectivity index (χ0v) is 15.0. The molecule has 1 fully saturated rings. The Labute approximate surface area is 149 Å². The molecule has 7 heteroatoms. The minimum atomic E-state index is -1.29. The summed E-state index contributed by atoms with van der Waals surface area (Å²) in [5.74, 6) is -0.240. The van der Waals surface area contributed by atoms with Crippen molar-refractivity contribution in [1.82, 2.24) is 4.90 Å². The van der Waals surface area contributed by atoms with Crippen LogP contribution in [0.2, 0.25) is 0 Å². The minimum Gasteiger partial charge on any atom is -0.543 e. The van der Waals surface area contributed by atoms with Gasteiger partial charge >= 0.3 is 29.6 Å². The van der Waals surface area contributed by atoms with Crippen LogP contribution in [-0.4, -0.2) is 45.5 Å². The van der Waals surface area contributed by atoms with Crippen molar-refractivity contribution in [3.8, 4) is 0 Å². The van der Waals surface area contributed by atoms with E-state index in [0.717, 1.165) is 29.1 Å². The standard InChI is InChI=1S/C14H17NO4S.Na/c1-7(16)11-10-6-9(8-2-4-20-5-3-8)12(14(18)19)15(10)13(11)17;/h2,7,10-11,16H,3-6H2,1H3,(H,18,19);/q;+1/p-1/t7-,10-,11-;/m1./s1. The zero-order valence-electron chi connectivity index (χ0n) is 12.2. The molecule has 1 amide bonds. The summed E-state index contributed by atoms with van der Waals surface area (Å²) >= 11 is 1.81. The summed E-state index contributed by atoms with van der Waals surface area (Å²) in [6.07, 6.45) is 2.63. The second kappa shape index (κ2) is 6.46. The van der Waals surface area contributed by atoms with Crippen molar-refractivity contribution in [3.05, 3.63) is 22.9 Å². The SMILES string of the molecule is C[C@@H](O)[C@H]1C(=O)N2C(C(=O)[O-])=C(C3=CCSCC3)C[C@H]12.[Na+]. The molecule has 3 aliphatic heterocycles. The largest absolute Gasteiger partial charge is 1.00 e. The number of nitrogens with zero attached hydrogens (tertiary/aromatic N) is 1. The summed E-state index contributed by atoms with van der Waals surface area (Å²) < 4.78 is 0. The quantitative estimate of drug-likeness (QED) is 0.435. The number of thioether (sulfide) groups is 1. The molecule has 1 saturated heterocycles. The van der Waals surface area contributed by atoms with Crippen LogP contribution in [-0.2, 0) is 9.59 Å². The molecule has 0 bridgehead atoms. The molecule has 0 unspecified atom stereocenters. The number of aliphatic carboxylic acids is 1. The molecule has 0 aromatic carbocycles. The fourth-order valence-corrected chi connectivity index (χ4v) is 4.20. The molecule has 108 valence electrons. The van der Waals surface area contributed by atoms with Crippen LogP contribution in [0.4, 0.5) is 0 Å². The smallest absolute Gasteiger partial charge is 0.543 e. The van der Waals surface area contributed by atoms with Gasteiger partial charge in [-0.15, -0.1) is 0 Å². The van der Waals surface area contributed by atoms with Crippen LogP contribution in [0.1, 0.15) is 19.8 Å². The van der Waals surface area contributed by atoms with E-state index in [2.05, 4.69) is 0 Å². The van der Waals surface area contributed by atoms with Crippen molar-refractivity contribution < 1.29 is 49.4 Å². The van der Waals surface area contributed by atoms with Gasteiger partial charge in [-0.1, -0.05) is 6.08 Å². The molecule has 3 aliphatic rings. The Morgan fingerprint density at radius 3 is 2.81 bits per heavy atom. The predicted octanol–water partition coefficient (Wildman–Crippen LogP) is -3.33. The Hall–Kier alpha value is -0.270. The van der Waals surface area contributed by atoms with E-state index in [0.29, 0.717) is 6.42 Å². The van der Waals surface area contributed by atoms with E-state index < -0.39 is 18.0 Å². The summed E-state index contributed by atoms with van der Waals surface area (Å²) in [5, 5.41) is 21.1. The molecule has 1 N–H and O–H groups in total. The average molecular weight is 317 g/mol. The number of carbonyl (C=O) groups excluding carboxylic acids is 2. The maximum atomic E-state index is 12.0. The second-order valence-electron chi connectivity index (χ2n) is 5.41. The van der Waals surface area contributed by atoms with Crippen LogP contribution in [0.5, 0.6) is 0 Å². The van der Waals surface area contributed by atoms with E-state index in [9.17, 15) is 19.8 Å². The van der Waals surface area contributed by atoms with Crippen LogP contribution in [0, 0.1) is 5.92 Å². The van der Waals surface area contributed by atoms with Gasteiger partial charge < -0.3 is 19.9 Å². The van der Waals surface area contributed by atoms with Crippen molar-refractivity contribution in [2.24, 2.45) is 5.92 Å². The molecule has 0 spiro atoms. The molecule has 3 atom stereocenters. The number of allylic oxidation sites excluding steroid dienone is 1. The third-order valence-corrected chi connectivity index (χ3v) is 5.17. The third-order valence-electron chi connectivity index (χ3n) is 4.27. The number of carboxylic acid groups (broad SMARTS) is 1. The number of aliphatic hydroxyl groups is 1. The van der Waals surface area contributed by atoms with E-state index in [-0.39, 0.29) is 47.2 Å². The Morgan fingerprint density at radius 1 is 1.57 bits per heavy atom. The van der Waals surface area contributed by atoms with E-state index in [1.807, 2.05) is 17.8 Å². The molecule has 0 aliphatic carbocycles. The molecule has 0 saturated carbocycles. The molecule has 0 aromatic rings. The first-order valence-corrected chi connectivity index (χ1v) is 7.90. The van der Waals surface area contributed by atoms with Gasteiger partial charge in [-0.25, -0.2) is 0 Å². The van der Waals surface area contributed by atoms with E-state index in [1.165, 1.54) is 4.90 Å². The first-order chi connectivity index (χ1) is 9.52. The number of carboxylic acids is 1. The Morgan fingerprint density at radius 2 is 2.29 bits per heavy atom. The number of hydrogen-bond acceptors (Lipinski definition) is 5. The van der Waals surface area contributed by atoms with Gasteiger partial charge in [0.2, 0.25) is 5.91 Å². The fourth-order valence-electron chi connectivity index (χ4n) is 3.35. The van der Waals surface area contributed by atoms with Crippen molar-refractivity contribution in [3.63, 3.8) is 0 Å². The summed E-state index contributed by atoms with van der Waals surface area (Å²) in [7, 11) is 0. The first kappa shape index (κ1) is 17.1. The van der Waals surface area contributed by atoms with Crippen LogP contribution in [0.3, 0.4) is 0 Å². The van der Waals surface area contributed by atoms with E-state index in [1.54, 1.807) is 6.92 Å². The Kier molecular flexibility index (Phi) is 5.26. The Balaban J connectivity index is 0.00000161. The normalized spacial score (nSPS) is 29.3. The number of β-lactam (4-membered cyclic amide) rings is 1. The van der Waals surface area contributed by atoms with Crippen LogP contribution >= 0.6 is 11.8 Å². The second-order valence-corrected chi connectivity index (χ2v) is 6.56.